The highest BCUT2D eigenvalue weighted by Gasteiger charge is 2.30. The highest BCUT2D eigenvalue weighted by Crippen LogP contribution is 2.29. The van der Waals surface area contributed by atoms with Gasteiger partial charge in [-0.25, -0.2) is 4.39 Å². The summed E-state index contributed by atoms with van der Waals surface area (Å²) in [5.41, 5.74) is 5.27. The first-order valence-corrected chi connectivity index (χ1v) is 7.64. The second-order valence-electron chi connectivity index (χ2n) is 5.73. The number of hydrogen-bond donors (Lipinski definition) is 2. The maximum Gasteiger partial charge on any atom is 0.416 e. The first-order chi connectivity index (χ1) is 12.1. The van der Waals surface area contributed by atoms with Gasteiger partial charge in [-0.05, 0) is 35.4 Å². The second kappa shape index (κ2) is 7.99. The van der Waals surface area contributed by atoms with Gasteiger partial charge in [-0.2, -0.15) is 13.2 Å². The number of nitrogens with one attached hydrogen (secondary N) is 1. The van der Waals surface area contributed by atoms with E-state index in [2.05, 4.69) is 5.32 Å². The molecule has 0 radical (unpaired) electrons. The zero-order valence-electron chi connectivity index (χ0n) is 13.5. The quantitative estimate of drug-likeness (QED) is 0.770. The zero-order valence-corrected chi connectivity index (χ0v) is 13.5. The first-order valence-electron chi connectivity index (χ1n) is 7.64. The van der Waals surface area contributed by atoms with E-state index in [-0.39, 0.29) is 12.8 Å². The fraction of sp³-hybridized carbons (Fsp3) is 0.222. The molecule has 2 amide bonds. The van der Waals surface area contributed by atoms with Crippen LogP contribution in [-0.4, -0.2) is 17.9 Å². The Labute approximate surface area is 147 Å². The SMILES string of the molecule is NC(=O)[C@H](Cc1cccc(F)c1)NC(=O)Cc1ccc(C(F)(F)F)cc1. The van der Waals surface area contributed by atoms with Gasteiger partial charge in [0.2, 0.25) is 11.8 Å². The molecule has 0 aliphatic carbocycles. The van der Waals surface area contributed by atoms with Crippen molar-refractivity contribution in [3.63, 3.8) is 0 Å². The molecule has 3 N–H and O–H groups in total. The predicted octanol–water partition coefficient (Wildman–Crippen LogP) is 2.60. The van der Waals surface area contributed by atoms with Crippen molar-refractivity contribution >= 4 is 11.8 Å². The maximum atomic E-state index is 13.2. The molecule has 138 valence electrons. The molecule has 0 aromatic heterocycles. The van der Waals surface area contributed by atoms with Crippen molar-refractivity contribution in [3.8, 4) is 0 Å². The standard InChI is InChI=1S/C18H16F4N2O2/c19-14-3-1-2-12(8-14)9-15(17(23)26)24-16(25)10-11-4-6-13(7-5-11)18(20,21)22/h1-8,15H,9-10H2,(H2,23,26)(H,24,25)/t15-/m0/s1. The number of alkyl halides is 3. The molecule has 0 aliphatic rings. The van der Waals surface area contributed by atoms with Gasteiger partial charge < -0.3 is 11.1 Å². The second-order valence-corrected chi connectivity index (χ2v) is 5.73. The minimum Gasteiger partial charge on any atom is -0.368 e. The molecule has 0 saturated heterocycles. The van der Waals surface area contributed by atoms with Crippen LogP contribution < -0.4 is 11.1 Å². The fourth-order valence-corrected chi connectivity index (χ4v) is 2.36. The Morgan fingerprint density at radius 3 is 2.23 bits per heavy atom. The number of hydrogen-bond acceptors (Lipinski definition) is 2. The topological polar surface area (TPSA) is 72.2 Å². The summed E-state index contributed by atoms with van der Waals surface area (Å²) >= 11 is 0. The van der Waals surface area contributed by atoms with Gasteiger partial charge in [-0.15, -0.1) is 0 Å². The van der Waals surface area contributed by atoms with Gasteiger partial charge in [0.25, 0.3) is 0 Å². The van der Waals surface area contributed by atoms with Crippen LogP contribution in [0.4, 0.5) is 17.6 Å². The normalized spacial score (nSPS) is 12.5. The molecule has 2 aromatic rings. The minimum atomic E-state index is -4.46. The maximum absolute atomic E-state index is 13.2. The highest BCUT2D eigenvalue weighted by molar-refractivity contribution is 5.87. The van der Waals surface area contributed by atoms with Crippen LogP contribution in [-0.2, 0) is 28.6 Å². The third-order valence-corrected chi connectivity index (χ3v) is 3.65. The summed E-state index contributed by atoms with van der Waals surface area (Å²) < 4.78 is 50.8. The lowest BCUT2D eigenvalue weighted by molar-refractivity contribution is -0.137. The fourth-order valence-electron chi connectivity index (χ4n) is 2.36. The molecule has 0 unspecified atom stereocenters. The molecule has 8 heteroatoms. The Bertz CT molecular complexity index is 789. The summed E-state index contributed by atoms with van der Waals surface area (Å²) in [7, 11) is 0. The highest BCUT2D eigenvalue weighted by atomic mass is 19.4. The number of rotatable bonds is 6. The van der Waals surface area contributed by atoms with Crippen LogP contribution in [0.2, 0.25) is 0 Å². The third kappa shape index (κ3) is 5.58. The predicted molar refractivity (Wildman–Crippen MR) is 86.4 cm³/mol. The first kappa shape index (κ1) is 19.4. The van der Waals surface area contributed by atoms with E-state index in [1.165, 1.54) is 30.3 Å². The zero-order chi connectivity index (χ0) is 19.3. The van der Waals surface area contributed by atoms with Crippen molar-refractivity contribution in [2.45, 2.75) is 25.1 Å². The van der Waals surface area contributed by atoms with Gasteiger partial charge in [0.15, 0.2) is 0 Å². The van der Waals surface area contributed by atoms with Gasteiger partial charge >= 0.3 is 6.18 Å². The van der Waals surface area contributed by atoms with Crippen molar-refractivity contribution in [3.05, 3.63) is 71.0 Å². The van der Waals surface area contributed by atoms with Gasteiger partial charge in [0.1, 0.15) is 11.9 Å². The van der Waals surface area contributed by atoms with E-state index >= 15 is 0 Å². The number of benzene rings is 2. The van der Waals surface area contributed by atoms with E-state index in [9.17, 15) is 27.2 Å². The summed E-state index contributed by atoms with van der Waals surface area (Å²) in [4.78, 5) is 23.6. The van der Waals surface area contributed by atoms with Crippen LogP contribution in [0.25, 0.3) is 0 Å². The Morgan fingerprint density at radius 1 is 1.04 bits per heavy atom. The number of halogens is 4. The molecule has 26 heavy (non-hydrogen) atoms. The van der Waals surface area contributed by atoms with E-state index in [0.717, 1.165) is 12.1 Å². The molecule has 0 heterocycles. The van der Waals surface area contributed by atoms with E-state index in [0.29, 0.717) is 11.1 Å². The molecule has 0 spiro atoms. The number of carbonyl (C=O) groups is 2. The molecule has 0 aliphatic heterocycles. The monoisotopic (exact) mass is 368 g/mol. The van der Waals surface area contributed by atoms with Crippen LogP contribution in [0.3, 0.4) is 0 Å². The molecule has 1 atom stereocenters. The number of carbonyl (C=O) groups excluding carboxylic acids is 2. The molecule has 0 bridgehead atoms. The van der Waals surface area contributed by atoms with Crippen LogP contribution in [0.5, 0.6) is 0 Å². The average Bonchev–Trinajstić information content (AvgIpc) is 2.53. The molecular formula is C18H16F4N2O2. The van der Waals surface area contributed by atoms with Crippen LogP contribution >= 0.6 is 0 Å². The molecule has 4 nitrogen and oxygen atoms in total. The summed E-state index contributed by atoms with van der Waals surface area (Å²) in [5.74, 6) is -1.86. The van der Waals surface area contributed by atoms with Crippen LogP contribution in [0.15, 0.2) is 48.5 Å². The molecule has 2 rings (SSSR count). The number of nitrogens with two attached hydrogens (primary N) is 1. The van der Waals surface area contributed by atoms with E-state index in [1.54, 1.807) is 6.07 Å². The lowest BCUT2D eigenvalue weighted by Crippen LogP contribution is -2.46. The smallest absolute Gasteiger partial charge is 0.368 e. The number of primary amides is 1. The Balaban J connectivity index is 2.00. The van der Waals surface area contributed by atoms with Gasteiger partial charge in [-0.1, -0.05) is 24.3 Å². The Hall–Kier alpha value is -2.90. The lowest BCUT2D eigenvalue weighted by atomic mass is 10.0. The lowest BCUT2D eigenvalue weighted by Gasteiger charge is -2.16. The largest absolute Gasteiger partial charge is 0.416 e. The van der Waals surface area contributed by atoms with E-state index in [1.807, 2.05) is 0 Å². The van der Waals surface area contributed by atoms with Gasteiger partial charge in [0.05, 0.1) is 12.0 Å². The van der Waals surface area contributed by atoms with E-state index in [4.69, 9.17) is 5.73 Å². The number of amides is 2. The minimum absolute atomic E-state index is 0.00580. The third-order valence-electron chi connectivity index (χ3n) is 3.65. The summed E-state index contributed by atoms with van der Waals surface area (Å²) in [5, 5.41) is 2.42. The van der Waals surface area contributed by atoms with Crippen molar-refractivity contribution in [1.29, 1.82) is 0 Å². The van der Waals surface area contributed by atoms with Gasteiger partial charge in [-0.3, -0.25) is 9.59 Å². The van der Waals surface area contributed by atoms with Crippen LogP contribution in [0, 0.1) is 5.82 Å². The summed E-state index contributed by atoms with van der Waals surface area (Å²) in [6, 6.07) is 8.58. The average molecular weight is 368 g/mol. The van der Waals surface area contributed by atoms with Crippen molar-refractivity contribution in [2.24, 2.45) is 5.73 Å². The molecule has 2 aromatic carbocycles. The van der Waals surface area contributed by atoms with E-state index < -0.39 is 35.4 Å². The Morgan fingerprint density at radius 2 is 1.69 bits per heavy atom. The van der Waals surface area contributed by atoms with Crippen LogP contribution in [0.1, 0.15) is 16.7 Å². The van der Waals surface area contributed by atoms with Gasteiger partial charge in [0, 0.05) is 6.42 Å². The Kier molecular flexibility index (Phi) is 5.97. The molecular weight excluding hydrogens is 352 g/mol. The summed E-state index contributed by atoms with van der Waals surface area (Å²) in [6.45, 7) is 0. The molecule has 0 fully saturated rings. The van der Waals surface area contributed by atoms with Crippen molar-refractivity contribution in [1.82, 2.24) is 5.32 Å². The van der Waals surface area contributed by atoms with Crippen molar-refractivity contribution in [2.75, 3.05) is 0 Å². The summed E-state index contributed by atoms with van der Waals surface area (Å²) in [6.07, 6.45) is -4.67. The van der Waals surface area contributed by atoms with Crippen molar-refractivity contribution < 1.29 is 27.2 Å². The molecule has 0 saturated carbocycles.